The van der Waals surface area contributed by atoms with Gasteiger partial charge in [0.25, 0.3) is 5.91 Å². The quantitative estimate of drug-likeness (QED) is 0.619. The molecule has 0 N–H and O–H groups in total. The predicted octanol–water partition coefficient (Wildman–Crippen LogP) is 3.05. The van der Waals surface area contributed by atoms with E-state index < -0.39 is 10.0 Å². The highest BCUT2D eigenvalue weighted by Gasteiger charge is 2.35. The average molecular weight is 450 g/mol. The van der Waals surface area contributed by atoms with Crippen molar-refractivity contribution in [1.29, 1.82) is 0 Å². The molecule has 1 unspecified atom stereocenters. The van der Waals surface area contributed by atoms with E-state index in [1.807, 2.05) is 18.2 Å². The van der Waals surface area contributed by atoms with E-state index in [0.717, 1.165) is 18.4 Å². The number of hydrogen-bond donors (Lipinski definition) is 0. The number of methoxy groups -OCH3 is 2. The molecule has 0 spiro atoms. The van der Waals surface area contributed by atoms with Gasteiger partial charge in [0.1, 0.15) is 22.1 Å². The van der Waals surface area contributed by atoms with Crippen molar-refractivity contribution in [2.24, 2.45) is 7.05 Å². The van der Waals surface area contributed by atoms with E-state index in [1.54, 1.807) is 44.6 Å². The highest BCUT2D eigenvalue weighted by atomic mass is 32.2. The molecule has 1 aliphatic heterocycles. The Hall–Kier alpha value is -2.52. The highest BCUT2D eigenvalue weighted by Crippen LogP contribution is 2.39. The van der Waals surface area contributed by atoms with Gasteiger partial charge >= 0.3 is 0 Å². The van der Waals surface area contributed by atoms with Crippen LogP contribution in [0.15, 0.2) is 35.4 Å². The Bertz CT molecular complexity index is 1040. The summed E-state index contributed by atoms with van der Waals surface area (Å²) in [5.41, 5.74) is 1.23. The fourth-order valence-corrected chi connectivity index (χ4v) is 5.71. The van der Waals surface area contributed by atoms with Crippen molar-refractivity contribution < 1.29 is 22.7 Å². The molecule has 3 rings (SSSR count). The predicted molar refractivity (Wildman–Crippen MR) is 118 cm³/mol. The first kappa shape index (κ1) is 23.1. The van der Waals surface area contributed by atoms with E-state index in [-0.39, 0.29) is 16.8 Å². The molecular formula is C22H31N3O5S. The number of rotatable bonds is 8. The number of amides is 1. The maximum atomic E-state index is 13.5. The van der Waals surface area contributed by atoms with Crippen LogP contribution in [0.3, 0.4) is 0 Å². The lowest BCUT2D eigenvalue weighted by atomic mass is 10.0. The van der Waals surface area contributed by atoms with Crippen LogP contribution in [0.1, 0.15) is 48.8 Å². The molecule has 0 radical (unpaired) electrons. The Morgan fingerprint density at radius 3 is 2.48 bits per heavy atom. The number of nitrogens with zero attached hydrogens (tertiary/aromatic N) is 3. The lowest BCUT2D eigenvalue weighted by Crippen LogP contribution is -2.32. The molecule has 31 heavy (non-hydrogen) atoms. The molecule has 1 atom stereocenters. The molecule has 170 valence electrons. The summed E-state index contributed by atoms with van der Waals surface area (Å²) in [6, 6.07) is 6.87. The van der Waals surface area contributed by atoms with E-state index in [0.29, 0.717) is 36.8 Å². The van der Waals surface area contributed by atoms with Crippen LogP contribution in [0.25, 0.3) is 0 Å². The van der Waals surface area contributed by atoms with Crippen molar-refractivity contribution in [2.45, 2.75) is 37.6 Å². The number of carbonyl (C=O) groups is 1. The van der Waals surface area contributed by atoms with Gasteiger partial charge in [0.05, 0.1) is 20.3 Å². The van der Waals surface area contributed by atoms with Crippen LogP contribution < -0.4 is 9.47 Å². The number of sulfonamides is 1. The molecular weight excluding hydrogens is 418 g/mol. The number of aryl methyl sites for hydroxylation is 1. The second-order valence-electron chi connectivity index (χ2n) is 7.53. The third-order valence-electron chi connectivity index (χ3n) is 5.85. The van der Waals surface area contributed by atoms with Crippen LogP contribution in [-0.2, 0) is 17.1 Å². The number of likely N-dealkylation sites (tertiary alicyclic amines) is 1. The molecule has 1 aromatic heterocycles. The molecule has 8 nitrogen and oxygen atoms in total. The van der Waals surface area contributed by atoms with Gasteiger partial charge in [-0.1, -0.05) is 13.8 Å². The Morgan fingerprint density at radius 1 is 1.16 bits per heavy atom. The first-order chi connectivity index (χ1) is 14.8. The summed E-state index contributed by atoms with van der Waals surface area (Å²) < 4.78 is 39.7. The van der Waals surface area contributed by atoms with Crippen LogP contribution in [0.2, 0.25) is 0 Å². The summed E-state index contributed by atoms with van der Waals surface area (Å²) >= 11 is 0. The minimum Gasteiger partial charge on any atom is -0.497 e. The standard InChI is InChI=1S/C22H31N3O5S/c1-6-24(7-2)31(27,28)17-14-20(23(3)15-17)22(26)25-12-8-9-19(25)18-13-16(29-4)10-11-21(18)30-5/h10-11,13-15,19H,6-9,12H2,1-5H3. The SMILES string of the molecule is CCN(CC)S(=O)(=O)c1cc(C(=O)N2CCCC2c2cc(OC)ccc2OC)n(C)c1. The maximum Gasteiger partial charge on any atom is 0.271 e. The Morgan fingerprint density at radius 2 is 1.87 bits per heavy atom. The fourth-order valence-electron chi connectivity index (χ4n) is 4.18. The van der Waals surface area contributed by atoms with E-state index in [4.69, 9.17) is 9.47 Å². The highest BCUT2D eigenvalue weighted by molar-refractivity contribution is 7.89. The number of hydrogen-bond acceptors (Lipinski definition) is 5. The summed E-state index contributed by atoms with van der Waals surface area (Å²) in [6.07, 6.45) is 3.16. The molecule has 0 saturated carbocycles. The van der Waals surface area contributed by atoms with Gasteiger partial charge in [0.15, 0.2) is 0 Å². The zero-order valence-corrected chi connectivity index (χ0v) is 19.6. The molecule has 1 saturated heterocycles. The molecule has 9 heteroatoms. The first-order valence-corrected chi connectivity index (χ1v) is 11.9. The van der Waals surface area contributed by atoms with Crippen LogP contribution in [0.5, 0.6) is 11.5 Å². The molecule has 0 aliphatic carbocycles. The van der Waals surface area contributed by atoms with Gasteiger partial charge in [-0.2, -0.15) is 4.31 Å². The Kier molecular flexibility index (Phi) is 6.96. The summed E-state index contributed by atoms with van der Waals surface area (Å²) in [4.78, 5) is 15.4. The van der Waals surface area contributed by atoms with Gasteiger partial charge in [0.2, 0.25) is 10.0 Å². The molecule has 1 aliphatic rings. The van der Waals surface area contributed by atoms with E-state index >= 15 is 0 Å². The second kappa shape index (κ2) is 9.32. The van der Waals surface area contributed by atoms with Gasteiger partial charge in [-0.05, 0) is 37.1 Å². The Balaban J connectivity index is 1.96. The van der Waals surface area contributed by atoms with Crippen LogP contribution in [0.4, 0.5) is 0 Å². The topological polar surface area (TPSA) is 81.1 Å². The van der Waals surface area contributed by atoms with Crippen molar-refractivity contribution in [1.82, 2.24) is 13.8 Å². The number of carbonyl (C=O) groups excluding carboxylic acids is 1. The van der Waals surface area contributed by atoms with Crippen molar-refractivity contribution in [3.8, 4) is 11.5 Å². The van der Waals surface area contributed by atoms with Crippen molar-refractivity contribution >= 4 is 15.9 Å². The molecule has 2 heterocycles. The fraction of sp³-hybridized carbons (Fsp3) is 0.500. The minimum absolute atomic E-state index is 0.136. The molecule has 0 bridgehead atoms. The van der Waals surface area contributed by atoms with Crippen molar-refractivity contribution in [3.05, 3.63) is 41.7 Å². The molecule has 1 amide bonds. The summed E-state index contributed by atoms with van der Waals surface area (Å²) in [5.74, 6) is 1.19. The Labute approximate surface area is 184 Å². The van der Waals surface area contributed by atoms with E-state index in [9.17, 15) is 13.2 Å². The van der Waals surface area contributed by atoms with Crippen molar-refractivity contribution in [3.63, 3.8) is 0 Å². The van der Waals surface area contributed by atoms with Crippen LogP contribution in [-0.4, -0.2) is 62.0 Å². The van der Waals surface area contributed by atoms with Crippen molar-refractivity contribution in [2.75, 3.05) is 33.9 Å². The second-order valence-corrected chi connectivity index (χ2v) is 9.46. The molecule has 2 aromatic rings. The van der Waals surface area contributed by atoms with Gasteiger partial charge in [-0.15, -0.1) is 0 Å². The van der Waals surface area contributed by atoms with Crippen LogP contribution in [0, 0.1) is 0 Å². The van der Waals surface area contributed by atoms with E-state index in [1.165, 1.54) is 16.6 Å². The van der Waals surface area contributed by atoms with Gasteiger partial charge in [0, 0.05) is 38.4 Å². The average Bonchev–Trinajstić information content (AvgIpc) is 3.40. The summed E-state index contributed by atoms with van der Waals surface area (Å²) in [5, 5.41) is 0. The largest absolute Gasteiger partial charge is 0.497 e. The first-order valence-electron chi connectivity index (χ1n) is 10.5. The maximum absolute atomic E-state index is 13.5. The number of aromatic nitrogens is 1. The van der Waals surface area contributed by atoms with Crippen LogP contribution >= 0.6 is 0 Å². The van der Waals surface area contributed by atoms with Gasteiger partial charge < -0.3 is 18.9 Å². The smallest absolute Gasteiger partial charge is 0.271 e. The van der Waals surface area contributed by atoms with Gasteiger partial charge in [-0.25, -0.2) is 8.42 Å². The third kappa shape index (κ3) is 4.29. The van der Waals surface area contributed by atoms with E-state index in [2.05, 4.69) is 0 Å². The number of benzene rings is 1. The van der Waals surface area contributed by atoms with Gasteiger partial charge in [-0.3, -0.25) is 4.79 Å². The zero-order chi connectivity index (χ0) is 22.8. The summed E-state index contributed by atoms with van der Waals surface area (Å²) in [7, 11) is 1.27. The molecule has 1 aromatic carbocycles. The lowest BCUT2D eigenvalue weighted by molar-refractivity contribution is 0.0724. The minimum atomic E-state index is -3.64. The lowest BCUT2D eigenvalue weighted by Gasteiger charge is -2.27. The molecule has 1 fully saturated rings. The summed E-state index contributed by atoms with van der Waals surface area (Å²) in [6.45, 7) is 4.94. The monoisotopic (exact) mass is 449 g/mol. The normalized spacial score (nSPS) is 16.7. The number of ether oxygens (including phenoxy) is 2. The zero-order valence-electron chi connectivity index (χ0n) is 18.8. The third-order valence-corrected chi connectivity index (χ3v) is 7.87.